The molecule has 5 N–H and O–H groups in total. The van der Waals surface area contributed by atoms with Crippen molar-refractivity contribution in [3.63, 3.8) is 0 Å². The molecule has 0 fully saturated rings. The van der Waals surface area contributed by atoms with E-state index in [1.807, 2.05) is 12.1 Å². The van der Waals surface area contributed by atoms with E-state index in [0.717, 1.165) is 10.1 Å². The molecule has 0 saturated carbocycles. The number of amides is 3. The first kappa shape index (κ1) is 13.3. The Bertz CT molecular complexity index is 880. The van der Waals surface area contributed by atoms with Gasteiger partial charge in [0.2, 0.25) is 5.76 Å². The lowest BCUT2D eigenvalue weighted by Gasteiger charge is -2.01. The lowest BCUT2D eigenvalue weighted by molar-refractivity contribution is 0.0977. The first-order valence-corrected chi connectivity index (χ1v) is 6.72. The molecule has 0 atom stereocenters. The maximum absolute atomic E-state index is 11.4. The number of carbonyl (C=O) groups is 2. The summed E-state index contributed by atoms with van der Waals surface area (Å²) in [6.07, 6.45) is 0. The SMILES string of the molecule is COc1cccc2c1sc1c(NC(N)=O)c(C(N)=O)oc12. The number of furan rings is 1. The lowest BCUT2D eigenvalue weighted by Crippen LogP contribution is -2.21. The predicted molar refractivity (Wildman–Crippen MR) is 79.9 cm³/mol. The van der Waals surface area contributed by atoms with E-state index in [0.29, 0.717) is 16.0 Å². The molecule has 0 bridgehead atoms. The highest BCUT2D eigenvalue weighted by Gasteiger charge is 2.24. The van der Waals surface area contributed by atoms with Crippen LogP contribution in [0.5, 0.6) is 5.75 Å². The molecule has 8 heteroatoms. The number of carbonyl (C=O) groups excluding carboxylic acids is 2. The number of methoxy groups -OCH3 is 1. The van der Waals surface area contributed by atoms with Crippen LogP contribution < -0.4 is 21.5 Å². The standard InChI is InChI=1S/C13H11N3O4S/c1-19-6-4-2-3-5-8-11(21-10(5)6)7(16-13(15)18)9(20-8)12(14)17/h2-4H,1H3,(H2,14,17)(H3,15,16,18). The highest BCUT2D eigenvalue weighted by molar-refractivity contribution is 7.26. The Hall–Kier alpha value is -2.74. The van der Waals surface area contributed by atoms with Crippen molar-refractivity contribution in [2.75, 3.05) is 12.4 Å². The third-order valence-electron chi connectivity index (χ3n) is 2.98. The minimum Gasteiger partial charge on any atom is -0.495 e. The van der Waals surface area contributed by atoms with Gasteiger partial charge in [-0.2, -0.15) is 0 Å². The Morgan fingerprint density at radius 2 is 2.05 bits per heavy atom. The summed E-state index contributed by atoms with van der Waals surface area (Å²) in [4.78, 5) is 22.6. The number of rotatable bonds is 3. The minimum absolute atomic E-state index is 0.125. The normalized spacial score (nSPS) is 10.9. The summed E-state index contributed by atoms with van der Waals surface area (Å²) >= 11 is 1.32. The molecule has 0 unspecified atom stereocenters. The number of nitrogens with one attached hydrogen (secondary N) is 1. The summed E-state index contributed by atoms with van der Waals surface area (Å²) < 4.78 is 12.2. The maximum Gasteiger partial charge on any atom is 0.316 e. The zero-order chi connectivity index (χ0) is 15.1. The largest absolute Gasteiger partial charge is 0.495 e. The van der Waals surface area contributed by atoms with Crippen molar-refractivity contribution in [2.24, 2.45) is 11.5 Å². The molecule has 0 aliphatic heterocycles. The fourth-order valence-corrected chi connectivity index (χ4v) is 3.38. The summed E-state index contributed by atoms with van der Waals surface area (Å²) in [6, 6.07) is 4.65. The van der Waals surface area contributed by atoms with Crippen LogP contribution in [0.15, 0.2) is 22.6 Å². The lowest BCUT2D eigenvalue weighted by atomic mass is 10.2. The number of urea groups is 1. The van der Waals surface area contributed by atoms with Crippen molar-refractivity contribution in [3.8, 4) is 5.75 Å². The van der Waals surface area contributed by atoms with Gasteiger partial charge < -0.3 is 25.9 Å². The molecule has 1 aromatic carbocycles. The summed E-state index contributed by atoms with van der Waals surface area (Å²) in [7, 11) is 1.56. The molecule has 0 aliphatic rings. The second-order valence-corrected chi connectivity index (χ2v) is 5.28. The van der Waals surface area contributed by atoms with Gasteiger partial charge in [0.05, 0.1) is 16.5 Å². The summed E-state index contributed by atoms with van der Waals surface area (Å²) in [5.74, 6) is -0.229. The van der Waals surface area contributed by atoms with Crippen LogP contribution in [0.25, 0.3) is 20.4 Å². The van der Waals surface area contributed by atoms with Crippen LogP contribution in [0.2, 0.25) is 0 Å². The Labute approximate surface area is 122 Å². The third kappa shape index (κ3) is 1.96. The van der Waals surface area contributed by atoms with E-state index >= 15 is 0 Å². The number of thiophene rings is 1. The third-order valence-corrected chi connectivity index (χ3v) is 4.20. The molecule has 0 aliphatic carbocycles. The number of hydrogen-bond acceptors (Lipinski definition) is 5. The van der Waals surface area contributed by atoms with Crippen LogP contribution in [0, 0.1) is 0 Å². The second-order valence-electron chi connectivity index (χ2n) is 4.26. The quantitative estimate of drug-likeness (QED) is 0.687. The van der Waals surface area contributed by atoms with Crippen LogP contribution in [0.3, 0.4) is 0 Å². The highest BCUT2D eigenvalue weighted by Crippen LogP contribution is 2.45. The average Bonchev–Trinajstić information content (AvgIpc) is 2.95. The topological polar surface area (TPSA) is 121 Å². The van der Waals surface area contributed by atoms with Crippen molar-refractivity contribution >= 4 is 49.3 Å². The summed E-state index contributed by atoms with van der Waals surface area (Å²) in [5.41, 5.74) is 11.1. The predicted octanol–water partition coefficient (Wildman–Crippen LogP) is 2.25. The van der Waals surface area contributed by atoms with Gasteiger partial charge in [0.25, 0.3) is 5.91 Å². The van der Waals surface area contributed by atoms with Crippen LogP contribution in [0.1, 0.15) is 10.6 Å². The molecular weight excluding hydrogens is 294 g/mol. The van der Waals surface area contributed by atoms with Gasteiger partial charge in [-0.3, -0.25) is 4.79 Å². The van der Waals surface area contributed by atoms with Crippen LogP contribution in [-0.4, -0.2) is 19.0 Å². The van der Waals surface area contributed by atoms with Crippen molar-refractivity contribution in [3.05, 3.63) is 24.0 Å². The van der Waals surface area contributed by atoms with Crippen molar-refractivity contribution < 1.29 is 18.7 Å². The van der Waals surface area contributed by atoms with Crippen molar-refractivity contribution in [1.29, 1.82) is 0 Å². The molecule has 7 nitrogen and oxygen atoms in total. The molecule has 3 rings (SSSR count). The molecular formula is C13H11N3O4S. The Balaban J connectivity index is 2.38. The zero-order valence-electron chi connectivity index (χ0n) is 10.9. The molecule has 0 spiro atoms. The second kappa shape index (κ2) is 4.67. The van der Waals surface area contributed by atoms with E-state index in [2.05, 4.69) is 5.32 Å². The van der Waals surface area contributed by atoms with Gasteiger partial charge in [-0.1, -0.05) is 6.07 Å². The number of ether oxygens (including phenoxy) is 1. The first-order valence-electron chi connectivity index (χ1n) is 5.91. The van der Waals surface area contributed by atoms with E-state index in [-0.39, 0.29) is 11.4 Å². The smallest absolute Gasteiger partial charge is 0.316 e. The number of primary amides is 2. The van der Waals surface area contributed by atoms with Crippen LogP contribution >= 0.6 is 11.3 Å². The maximum atomic E-state index is 11.4. The fraction of sp³-hybridized carbons (Fsp3) is 0.0769. The van der Waals surface area contributed by atoms with Crippen LogP contribution in [-0.2, 0) is 0 Å². The summed E-state index contributed by atoms with van der Waals surface area (Å²) in [6.45, 7) is 0. The zero-order valence-corrected chi connectivity index (χ0v) is 11.7. The molecule has 0 saturated heterocycles. The number of anilines is 1. The number of hydrogen-bond donors (Lipinski definition) is 3. The monoisotopic (exact) mass is 305 g/mol. The van der Waals surface area contributed by atoms with Crippen molar-refractivity contribution in [1.82, 2.24) is 0 Å². The van der Waals surface area contributed by atoms with E-state index in [9.17, 15) is 9.59 Å². The number of nitrogens with two attached hydrogens (primary N) is 2. The van der Waals surface area contributed by atoms with Crippen LogP contribution in [0.4, 0.5) is 10.5 Å². The van der Waals surface area contributed by atoms with E-state index in [4.69, 9.17) is 20.6 Å². The van der Waals surface area contributed by atoms with Gasteiger partial charge in [-0.05, 0) is 12.1 Å². The Kier molecular flexibility index (Phi) is 2.95. The van der Waals surface area contributed by atoms with Gasteiger partial charge in [0.15, 0.2) is 5.58 Å². The molecule has 108 valence electrons. The molecule has 3 aromatic rings. The average molecular weight is 305 g/mol. The van der Waals surface area contributed by atoms with Gasteiger partial charge in [-0.25, -0.2) is 4.79 Å². The van der Waals surface area contributed by atoms with Crippen molar-refractivity contribution in [2.45, 2.75) is 0 Å². The number of fused-ring (bicyclic) bond motifs is 3. The summed E-state index contributed by atoms with van der Waals surface area (Å²) in [5, 5.41) is 3.16. The van der Waals surface area contributed by atoms with Gasteiger partial charge in [0.1, 0.15) is 11.4 Å². The molecule has 0 radical (unpaired) electrons. The Morgan fingerprint density at radius 1 is 1.29 bits per heavy atom. The molecule has 3 amide bonds. The van der Waals surface area contributed by atoms with Gasteiger partial charge in [-0.15, -0.1) is 11.3 Å². The minimum atomic E-state index is -0.801. The van der Waals surface area contributed by atoms with E-state index in [1.54, 1.807) is 13.2 Å². The van der Waals surface area contributed by atoms with Gasteiger partial charge >= 0.3 is 6.03 Å². The highest BCUT2D eigenvalue weighted by atomic mass is 32.1. The molecule has 2 heterocycles. The molecule has 2 aromatic heterocycles. The number of benzene rings is 1. The fourth-order valence-electron chi connectivity index (χ4n) is 2.16. The van der Waals surface area contributed by atoms with E-state index in [1.165, 1.54) is 11.3 Å². The van der Waals surface area contributed by atoms with E-state index < -0.39 is 11.9 Å². The van der Waals surface area contributed by atoms with Gasteiger partial charge in [0, 0.05) is 5.39 Å². The Morgan fingerprint density at radius 3 is 2.67 bits per heavy atom. The molecule has 21 heavy (non-hydrogen) atoms. The first-order chi connectivity index (χ1) is 10.0.